The van der Waals surface area contributed by atoms with Crippen molar-refractivity contribution in [2.45, 2.75) is 44.6 Å². The number of amides is 1. The minimum atomic E-state index is -3.67. The summed E-state index contributed by atoms with van der Waals surface area (Å²) >= 11 is 1.44. The van der Waals surface area contributed by atoms with Crippen molar-refractivity contribution in [3.05, 3.63) is 58.6 Å². The zero-order valence-corrected chi connectivity index (χ0v) is 18.0. The van der Waals surface area contributed by atoms with Crippen molar-refractivity contribution in [2.24, 2.45) is 4.99 Å². The van der Waals surface area contributed by atoms with E-state index in [1.165, 1.54) is 29.0 Å². The summed E-state index contributed by atoms with van der Waals surface area (Å²) < 4.78 is 40.8. The molecule has 3 rings (SSSR count). The fourth-order valence-corrected chi connectivity index (χ4v) is 5.37. The van der Waals surface area contributed by atoms with Crippen molar-refractivity contribution < 1.29 is 17.6 Å². The van der Waals surface area contributed by atoms with Crippen LogP contribution >= 0.6 is 11.3 Å². The van der Waals surface area contributed by atoms with E-state index in [2.05, 4.69) is 31.0 Å². The smallest absolute Gasteiger partial charge is 0.249 e. The van der Waals surface area contributed by atoms with Crippen LogP contribution in [0.4, 0.5) is 4.39 Å². The Labute approximate surface area is 173 Å². The van der Waals surface area contributed by atoms with E-state index >= 15 is 0 Å². The summed E-state index contributed by atoms with van der Waals surface area (Å²) in [5.74, 6) is -1.35. The molecule has 1 heterocycles. The van der Waals surface area contributed by atoms with Crippen LogP contribution in [0.1, 0.15) is 32.3 Å². The number of nitrogens with zero attached hydrogens (tertiary/aromatic N) is 2. The summed E-state index contributed by atoms with van der Waals surface area (Å²) in [5.41, 5.74) is 2.24. The maximum atomic E-state index is 13.0. The Kier molecular flexibility index (Phi) is 6.64. The first-order chi connectivity index (χ1) is 13.8. The van der Waals surface area contributed by atoms with Crippen LogP contribution < -0.4 is 4.80 Å². The number of aryl methyl sites for hydroxylation is 2. The Balaban J connectivity index is 1.85. The van der Waals surface area contributed by atoms with Gasteiger partial charge in [-0.25, -0.2) is 12.8 Å². The highest BCUT2D eigenvalue weighted by Crippen LogP contribution is 2.20. The first-order valence-corrected chi connectivity index (χ1v) is 12.0. The van der Waals surface area contributed by atoms with E-state index in [-0.39, 0.29) is 17.1 Å². The van der Waals surface area contributed by atoms with Crippen molar-refractivity contribution in [3.8, 4) is 0 Å². The molecular weight excluding hydrogens is 411 g/mol. The van der Waals surface area contributed by atoms with Crippen LogP contribution in [0.15, 0.2) is 52.4 Å². The third-order valence-corrected chi connectivity index (χ3v) is 7.35. The molecule has 0 unspecified atom stereocenters. The van der Waals surface area contributed by atoms with Crippen LogP contribution in [0.2, 0.25) is 0 Å². The quantitative estimate of drug-likeness (QED) is 0.526. The predicted molar refractivity (Wildman–Crippen MR) is 113 cm³/mol. The maximum absolute atomic E-state index is 13.0. The highest BCUT2D eigenvalue weighted by Gasteiger charge is 2.17. The molecule has 0 atom stereocenters. The number of sulfone groups is 1. The number of benzene rings is 2. The van der Waals surface area contributed by atoms with Gasteiger partial charge in [-0.3, -0.25) is 4.79 Å². The lowest BCUT2D eigenvalue weighted by Crippen LogP contribution is -2.18. The lowest BCUT2D eigenvalue weighted by molar-refractivity contribution is -0.117. The van der Waals surface area contributed by atoms with Gasteiger partial charge >= 0.3 is 0 Å². The molecule has 0 aliphatic carbocycles. The SMILES string of the molecule is CCCn1c(=NC(=O)CCS(=O)(=O)c2ccc(F)cc2)sc2cc(CC)ccc21. The molecule has 154 valence electrons. The molecule has 3 aromatic rings. The van der Waals surface area contributed by atoms with Gasteiger partial charge < -0.3 is 4.57 Å². The van der Waals surface area contributed by atoms with Crippen LogP contribution in [0.25, 0.3) is 10.2 Å². The number of thiazole rings is 1. The molecule has 0 fully saturated rings. The van der Waals surface area contributed by atoms with E-state index in [1.54, 1.807) is 0 Å². The molecule has 2 aromatic carbocycles. The van der Waals surface area contributed by atoms with Gasteiger partial charge in [-0.15, -0.1) is 0 Å². The number of hydrogen-bond donors (Lipinski definition) is 0. The monoisotopic (exact) mass is 434 g/mol. The molecule has 0 aliphatic rings. The van der Waals surface area contributed by atoms with Gasteiger partial charge in [0.25, 0.3) is 0 Å². The molecule has 0 bridgehead atoms. The number of carbonyl (C=O) groups is 1. The Morgan fingerprint density at radius 3 is 2.52 bits per heavy atom. The number of carbonyl (C=O) groups excluding carboxylic acids is 1. The average molecular weight is 435 g/mol. The lowest BCUT2D eigenvalue weighted by Gasteiger charge is -2.04. The average Bonchev–Trinajstić information content (AvgIpc) is 3.03. The number of hydrogen-bond acceptors (Lipinski definition) is 4. The van der Waals surface area contributed by atoms with Gasteiger partial charge in [0.2, 0.25) is 5.91 Å². The lowest BCUT2D eigenvalue weighted by atomic mass is 10.2. The molecular formula is C21H23FN2O3S2. The molecule has 0 spiro atoms. The summed E-state index contributed by atoms with van der Waals surface area (Å²) in [5, 5.41) is 0. The largest absolute Gasteiger partial charge is 0.316 e. The van der Waals surface area contributed by atoms with Crippen molar-refractivity contribution in [2.75, 3.05) is 5.75 Å². The van der Waals surface area contributed by atoms with Gasteiger partial charge in [-0.05, 0) is 54.8 Å². The molecule has 0 saturated carbocycles. The molecule has 1 amide bonds. The van der Waals surface area contributed by atoms with E-state index < -0.39 is 21.6 Å². The van der Waals surface area contributed by atoms with Gasteiger partial charge in [0.1, 0.15) is 5.82 Å². The number of aromatic nitrogens is 1. The van der Waals surface area contributed by atoms with Crippen LogP contribution in [0.5, 0.6) is 0 Å². The van der Waals surface area contributed by atoms with Crippen molar-refractivity contribution >= 4 is 37.3 Å². The fraction of sp³-hybridized carbons (Fsp3) is 0.333. The number of rotatable bonds is 7. The van der Waals surface area contributed by atoms with Gasteiger partial charge in [0, 0.05) is 13.0 Å². The Hall–Kier alpha value is -2.32. The summed E-state index contributed by atoms with van der Waals surface area (Å²) in [6.45, 7) is 4.87. The van der Waals surface area contributed by atoms with Crippen LogP contribution in [-0.4, -0.2) is 24.6 Å². The third-order valence-electron chi connectivity index (χ3n) is 4.58. The first-order valence-electron chi connectivity index (χ1n) is 9.52. The van der Waals surface area contributed by atoms with Crippen LogP contribution in [-0.2, 0) is 27.6 Å². The minimum Gasteiger partial charge on any atom is -0.316 e. The summed E-state index contributed by atoms with van der Waals surface area (Å²) in [6, 6.07) is 10.8. The molecule has 0 radical (unpaired) electrons. The van der Waals surface area contributed by atoms with E-state index in [0.29, 0.717) is 4.80 Å². The summed E-state index contributed by atoms with van der Waals surface area (Å²) in [6.07, 6.45) is 1.59. The summed E-state index contributed by atoms with van der Waals surface area (Å²) in [4.78, 5) is 17.2. The first kappa shape index (κ1) is 21.4. The second-order valence-corrected chi connectivity index (χ2v) is 9.84. The Morgan fingerprint density at radius 2 is 1.86 bits per heavy atom. The zero-order chi connectivity index (χ0) is 21.0. The zero-order valence-electron chi connectivity index (χ0n) is 16.4. The Morgan fingerprint density at radius 1 is 1.14 bits per heavy atom. The van der Waals surface area contributed by atoms with Crippen LogP contribution in [0.3, 0.4) is 0 Å². The van der Waals surface area contributed by atoms with E-state index in [0.717, 1.165) is 41.7 Å². The normalized spacial score (nSPS) is 12.6. The molecule has 29 heavy (non-hydrogen) atoms. The molecule has 0 N–H and O–H groups in total. The van der Waals surface area contributed by atoms with Crippen molar-refractivity contribution in [3.63, 3.8) is 0 Å². The van der Waals surface area contributed by atoms with Gasteiger partial charge in [-0.2, -0.15) is 4.99 Å². The van der Waals surface area contributed by atoms with Crippen molar-refractivity contribution in [1.82, 2.24) is 4.57 Å². The van der Waals surface area contributed by atoms with Gasteiger partial charge in [0.05, 0.1) is 20.9 Å². The molecule has 8 heteroatoms. The molecule has 0 aliphatic heterocycles. The summed E-state index contributed by atoms with van der Waals surface area (Å²) in [7, 11) is -3.67. The predicted octanol–water partition coefficient (Wildman–Crippen LogP) is 4.11. The van der Waals surface area contributed by atoms with Crippen molar-refractivity contribution in [1.29, 1.82) is 0 Å². The highest BCUT2D eigenvalue weighted by atomic mass is 32.2. The number of fused-ring (bicyclic) bond motifs is 1. The Bertz CT molecular complexity index is 1190. The standard InChI is InChI=1S/C21H23FN2O3S2/c1-3-12-24-18-10-5-15(4-2)14-19(18)28-21(24)23-20(25)11-13-29(26,27)17-8-6-16(22)7-9-17/h5-10,14H,3-4,11-13H2,1-2H3. The molecule has 5 nitrogen and oxygen atoms in total. The third kappa shape index (κ3) is 5.00. The maximum Gasteiger partial charge on any atom is 0.249 e. The second-order valence-electron chi connectivity index (χ2n) is 6.72. The second kappa shape index (κ2) is 9.00. The topological polar surface area (TPSA) is 68.5 Å². The van der Waals surface area contributed by atoms with Crippen LogP contribution in [0, 0.1) is 5.82 Å². The highest BCUT2D eigenvalue weighted by molar-refractivity contribution is 7.91. The van der Waals surface area contributed by atoms with Gasteiger partial charge in [-0.1, -0.05) is 31.3 Å². The van der Waals surface area contributed by atoms with E-state index in [1.807, 2.05) is 10.6 Å². The molecule has 1 aromatic heterocycles. The number of halogens is 1. The fourth-order valence-electron chi connectivity index (χ4n) is 3.01. The van der Waals surface area contributed by atoms with E-state index in [4.69, 9.17) is 0 Å². The molecule has 0 saturated heterocycles. The van der Waals surface area contributed by atoms with Gasteiger partial charge in [0.15, 0.2) is 14.6 Å². The minimum absolute atomic E-state index is 0.00158. The van der Waals surface area contributed by atoms with E-state index in [9.17, 15) is 17.6 Å².